The summed E-state index contributed by atoms with van der Waals surface area (Å²) in [6.45, 7) is 0.333. The van der Waals surface area contributed by atoms with E-state index in [0.717, 1.165) is 6.42 Å². The third-order valence-electron chi connectivity index (χ3n) is 3.82. The van der Waals surface area contributed by atoms with Gasteiger partial charge in [0.05, 0.1) is 0 Å². The SMILES string of the molecule is Cn1ccc2cc(CC3(CO)CC3)ccc21. The van der Waals surface area contributed by atoms with E-state index in [4.69, 9.17) is 0 Å². The highest BCUT2D eigenvalue weighted by Crippen LogP contribution is 2.47. The van der Waals surface area contributed by atoms with Crippen molar-refractivity contribution >= 4 is 10.9 Å². The molecule has 0 unspecified atom stereocenters. The average molecular weight is 215 g/mol. The molecular formula is C14H17NO. The second-order valence-corrected chi connectivity index (χ2v) is 5.15. The van der Waals surface area contributed by atoms with Crippen LogP contribution in [0.3, 0.4) is 0 Å². The van der Waals surface area contributed by atoms with E-state index in [-0.39, 0.29) is 5.41 Å². The molecule has 2 nitrogen and oxygen atoms in total. The van der Waals surface area contributed by atoms with Gasteiger partial charge in [-0.25, -0.2) is 0 Å². The van der Waals surface area contributed by atoms with E-state index >= 15 is 0 Å². The third-order valence-corrected chi connectivity index (χ3v) is 3.82. The summed E-state index contributed by atoms with van der Waals surface area (Å²) in [5.74, 6) is 0. The first-order chi connectivity index (χ1) is 7.72. The molecule has 3 rings (SSSR count). The Balaban J connectivity index is 1.93. The fraction of sp³-hybridized carbons (Fsp3) is 0.429. The molecule has 1 aromatic carbocycles. The van der Waals surface area contributed by atoms with Crippen LogP contribution in [0.5, 0.6) is 0 Å². The second-order valence-electron chi connectivity index (χ2n) is 5.15. The van der Waals surface area contributed by atoms with Gasteiger partial charge < -0.3 is 9.67 Å². The molecule has 0 saturated heterocycles. The zero-order valence-corrected chi connectivity index (χ0v) is 9.61. The molecule has 0 aliphatic heterocycles. The molecule has 16 heavy (non-hydrogen) atoms. The highest BCUT2D eigenvalue weighted by atomic mass is 16.3. The van der Waals surface area contributed by atoms with Gasteiger partial charge in [0.2, 0.25) is 0 Å². The first-order valence-electron chi connectivity index (χ1n) is 5.87. The van der Waals surface area contributed by atoms with Gasteiger partial charge in [-0.3, -0.25) is 0 Å². The van der Waals surface area contributed by atoms with Crippen molar-refractivity contribution in [2.45, 2.75) is 19.3 Å². The van der Waals surface area contributed by atoms with Crippen molar-refractivity contribution in [3.63, 3.8) is 0 Å². The van der Waals surface area contributed by atoms with Crippen LogP contribution in [0.25, 0.3) is 10.9 Å². The number of nitrogens with zero attached hydrogens (tertiary/aromatic N) is 1. The second kappa shape index (κ2) is 3.36. The fourth-order valence-corrected chi connectivity index (χ4v) is 2.44. The van der Waals surface area contributed by atoms with E-state index in [1.54, 1.807) is 0 Å². The van der Waals surface area contributed by atoms with Gasteiger partial charge >= 0.3 is 0 Å². The van der Waals surface area contributed by atoms with E-state index in [0.29, 0.717) is 6.61 Å². The lowest BCUT2D eigenvalue weighted by Crippen LogP contribution is -2.09. The summed E-state index contributed by atoms with van der Waals surface area (Å²) in [5, 5.41) is 10.6. The molecule has 1 N–H and O–H groups in total. The van der Waals surface area contributed by atoms with Gasteiger partial charge in [0.15, 0.2) is 0 Å². The number of benzene rings is 1. The maximum atomic E-state index is 9.33. The maximum Gasteiger partial charge on any atom is 0.0490 e. The zero-order valence-electron chi connectivity index (χ0n) is 9.61. The van der Waals surface area contributed by atoms with Crippen LogP contribution < -0.4 is 0 Å². The molecular weight excluding hydrogens is 198 g/mol. The number of fused-ring (bicyclic) bond motifs is 1. The Morgan fingerprint density at radius 2 is 2.12 bits per heavy atom. The Morgan fingerprint density at radius 3 is 2.81 bits per heavy atom. The van der Waals surface area contributed by atoms with E-state index in [9.17, 15) is 5.11 Å². The lowest BCUT2D eigenvalue weighted by Gasteiger charge is -2.11. The average Bonchev–Trinajstić information content (AvgIpc) is 2.98. The van der Waals surface area contributed by atoms with Crippen molar-refractivity contribution in [2.75, 3.05) is 6.61 Å². The molecule has 0 amide bonds. The standard InChI is InChI=1S/C14H17NO/c1-15-7-4-12-8-11(2-3-13(12)15)9-14(10-16)5-6-14/h2-4,7-8,16H,5-6,9-10H2,1H3. The van der Waals surface area contributed by atoms with Crippen molar-refractivity contribution in [1.29, 1.82) is 0 Å². The maximum absolute atomic E-state index is 9.33. The van der Waals surface area contributed by atoms with Crippen molar-refractivity contribution in [3.05, 3.63) is 36.0 Å². The van der Waals surface area contributed by atoms with Crippen LogP contribution in [0.2, 0.25) is 0 Å². The van der Waals surface area contributed by atoms with Crippen LogP contribution in [0.1, 0.15) is 18.4 Å². The first kappa shape index (κ1) is 9.91. The number of aryl methyl sites for hydroxylation is 1. The Kier molecular flexibility index (Phi) is 2.08. The summed E-state index contributed by atoms with van der Waals surface area (Å²) in [7, 11) is 2.07. The Labute approximate surface area is 95.5 Å². The molecule has 1 fully saturated rings. The molecule has 1 aliphatic rings. The largest absolute Gasteiger partial charge is 0.396 e. The summed E-state index contributed by atoms with van der Waals surface area (Å²) in [6, 6.07) is 8.78. The Bertz CT molecular complexity index is 523. The number of aromatic nitrogens is 1. The van der Waals surface area contributed by atoms with Crippen molar-refractivity contribution in [1.82, 2.24) is 4.57 Å². The zero-order chi connectivity index (χ0) is 11.2. The third kappa shape index (κ3) is 1.54. The molecule has 1 saturated carbocycles. The number of rotatable bonds is 3. The van der Waals surface area contributed by atoms with Crippen molar-refractivity contribution < 1.29 is 5.11 Å². The predicted molar refractivity (Wildman–Crippen MR) is 65.4 cm³/mol. The van der Waals surface area contributed by atoms with Crippen LogP contribution in [-0.2, 0) is 13.5 Å². The van der Waals surface area contributed by atoms with Crippen molar-refractivity contribution in [2.24, 2.45) is 12.5 Å². The Hall–Kier alpha value is -1.28. The topological polar surface area (TPSA) is 25.2 Å². The molecule has 0 spiro atoms. The molecule has 2 heteroatoms. The summed E-state index contributed by atoms with van der Waals surface area (Å²) >= 11 is 0. The summed E-state index contributed by atoms with van der Waals surface area (Å²) in [5.41, 5.74) is 2.84. The minimum absolute atomic E-state index is 0.211. The highest BCUT2D eigenvalue weighted by Gasteiger charge is 2.41. The molecule has 0 atom stereocenters. The molecule has 2 aromatic rings. The predicted octanol–water partition coefficient (Wildman–Crippen LogP) is 2.49. The summed E-state index contributed by atoms with van der Waals surface area (Å²) < 4.78 is 2.14. The molecule has 1 heterocycles. The summed E-state index contributed by atoms with van der Waals surface area (Å²) in [4.78, 5) is 0. The minimum atomic E-state index is 0.211. The van der Waals surface area contributed by atoms with Crippen LogP contribution in [0, 0.1) is 5.41 Å². The monoisotopic (exact) mass is 215 g/mol. The van der Waals surface area contributed by atoms with Gasteiger partial charge in [-0.2, -0.15) is 0 Å². The molecule has 1 aromatic heterocycles. The van der Waals surface area contributed by atoms with Gasteiger partial charge in [0.1, 0.15) is 0 Å². The molecule has 0 radical (unpaired) electrons. The van der Waals surface area contributed by atoms with E-state index in [1.165, 1.54) is 29.3 Å². The summed E-state index contributed by atoms with van der Waals surface area (Å²) in [6.07, 6.45) is 5.47. The quantitative estimate of drug-likeness (QED) is 0.836. The number of aliphatic hydroxyl groups excluding tert-OH is 1. The van der Waals surface area contributed by atoms with Crippen LogP contribution in [0.15, 0.2) is 30.5 Å². The van der Waals surface area contributed by atoms with Gasteiger partial charge in [0.25, 0.3) is 0 Å². The van der Waals surface area contributed by atoms with E-state index in [2.05, 4.69) is 42.1 Å². The number of aliphatic hydroxyl groups is 1. The van der Waals surface area contributed by atoms with Gasteiger partial charge in [0, 0.05) is 25.4 Å². The molecule has 1 aliphatic carbocycles. The highest BCUT2D eigenvalue weighted by molar-refractivity contribution is 5.80. The van der Waals surface area contributed by atoms with Gasteiger partial charge in [-0.1, -0.05) is 6.07 Å². The fourth-order valence-electron chi connectivity index (χ4n) is 2.44. The van der Waals surface area contributed by atoms with E-state index in [1.807, 2.05) is 0 Å². The Morgan fingerprint density at radius 1 is 1.31 bits per heavy atom. The lowest BCUT2D eigenvalue weighted by molar-refractivity contribution is 0.211. The van der Waals surface area contributed by atoms with Crippen molar-refractivity contribution in [3.8, 4) is 0 Å². The van der Waals surface area contributed by atoms with Crippen LogP contribution >= 0.6 is 0 Å². The van der Waals surface area contributed by atoms with Crippen LogP contribution in [0.4, 0.5) is 0 Å². The van der Waals surface area contributed by atoms with E-state index < -0.39 is 0 Å². The lowest BCUT2D eigenvalue weighted by atomic mass is 9.97. The van der Waals surface area contributed by atoms with Gasteiger partial charge in [-0.05, 0) is 53.8 Å². The number of hydrogen-bond donors (Lipinski definition) is 1. The smallest absolute Gasteiger partial charge is 0.0490 e. The normalized spacial score (nSPS) is 17.9. The number of hydrogen-bond acceptors (Lipinski definition) is 1. The molecule has 0 bridgehead atoms. The minimum Gasteiger partial charge on any atom is -0.396 e. The first-order valence-corrected chi connectivity index (χ1v) is 5.87. The molecule has 84 valence electrons. The van der Waals surface area contributed by atoms with Crippen LogP contribution in [-0.4, -0.2) is 16.3 Å². The van der Waals surface area contributed by atoms with Gasteiger partial charge in [-0.15, -0.1) is 0 Å².